The van der Waals surface area contributed by atoms with Gasteiger partial charge in [0.2, 0.25) is 0 Å². The number of carbonyl (C=O) groups is 1. The Labute approximate surface area is 187 Å². The van der Waals surface area contributed by atoms with E-state index in [4.69, 9.17) is 0 Å². The minimum atomic E-state index is -4.82. The number of alkyl halides is 3. The van der Waals surface area contributed by atoms with Gasteiger partial charge in [-0.05, 0) is 49.2 Å². The average molecular weight is 462 g/mol. The highest BCUT2D eigenvalue weighted by Gasteiger charge is 2.37. The number of amides is 1. The minimum absolute atomic E-state index is 0.206. The molecular weight excluding hydrogens is 440 g/mol. The van der Waals surface area contributed by atoms with Gasteiger partial charge in [0.05, 0.1) is 16.8 Å². The van der Waals surface area contributed by atoms with Crippen molar-refractivity contribution in [3.63, 3.8) is 0 Å². The lowest BCUT2D eigenvalue weighted by atomic mass is 10.0. The van der Waals surface area contributed by atoms with Gasteiger partial charge in [0, 0.05) is 39.4 Å². The van der Waals surface area contributed by atoms with Crippen LogP contribution in [0.25, 0.3) is 11.4 Å². The lowest BCUT2D eigenvalue weighted by Crippen LogP contribution is -2.49. The summed E-state index contributed by atoms with van der Waals surface area (Å²) in [5.41, 5.74) is 1.62. The maximum absolute atomic E-state index is 13.4. The Morgan fingerprint density at radius 1 is 1.00 bits per heavy atom. The highest BCUT2D eigenvalue weighted by atomic mass is 19.4. The molecule has 3 heterocycles. The predicted molar refractivity (Wildman–Crippen MR) is 113 cm³/mol. The van der Waals surface area contributed by atoms with Crippen LogP contribution in [-0.4, -0.2) is 57.0 Å². The summed E-state index contributed by atoms with van der Waals surface area (Å²) in [5.74, 6) is -1.14. The van der Waals surface area contributed by atoms with Crippen LogP contribution in [0.2, 0.25) is 0 Å². The van der Waals surface area contributed by atoms with Crippen molar-refractivity contribution in [3.05, 3.63) is 58.5 Å². The van der Waals surface area contributed by atoms with Gasteiger partial charge in [0.15, 0.2) is 5.82 Å². The molecule has 1 saturated heterocycles. The number of aromatic nitrogens is 4. The molecule has 2 aromatic heterocycles. The van der Waals surface area contributed by atoms with E-state index in [1.807, 2.05) is 31.9 Å². The van der Waals surface area contributed by atoms with Crippen LogP contribution in [0.1, 0.15) is 27.0 Å². The minimum Gasteiger partial charge on any atom is -0.351 e. The lowest BCUT2D eigenvalue weighted by Gasteiger charge is -2.36. The molecule has 0 N–H and O–H groups in total. The standard InChI is InChI=1S/C22H22F4N6O/c1-13-14(2)20(29-28-19(13)18-6-7-27-30(18)3)31-8-10-32(11-9-31)21(33)16-5-4-15(23)12-17(16)22(24,25)26/h4-7,12H,8-11H2,1-3H3. The predicted octanol–water partition coefficient (Wildman–Crippen LogP) is 3.61. The molecule has 174 valence electrons. The van der Waals surface area contributed by atoms with Crippen LogP contribution in [0.5, 0.6) is 0 Å². The molecule has 0 radical (unpaired) electrons. The Hall–Kier alpha value is -3.50. The Morgan fingerprint density at radius 2 is 1.70 bits per heavy atom. The van der Waals surface area contributed by atoms with E-state index in [2.05, 4.69) is 15.3 Å². The molecule has 3 aromatic rings. The molecule has 0 bridgehead atoms. The van der Waals surface area contributed by atoms with E-state index < -0.39 is 29.0 Å². The Morgan fingerprint density at radius 3 is 2.30 bits per heavy atom. The quantitative estimate of drug-likeness (QED) is 0.557. The number of hydrogen-bond donors (Lipinski definition) is 0. The van der Waals surface area contributed by atoms with Crippen LogP contribution in [0, 0.1) is 19.7 Å². The van der Waals surface area contributed by atoms with Crippen LogP contribution >= 0.6 is 0 Å². The monoisotopic (exact) mass is 462 g/mol. The summed E-state index contributed by atoms with van der Waals surface area (Å²) in [5, 5.41) is 12.9. The summed E-state index contributed by atoms with van der Waals surface area (Å²) in [6.07, 6.45) is -3.14. The Kier molecular flexibility index (Phi) is 5.81. The maximum Gasteiger partial charge on any atom is 0.417 e. The second-order valence-electron chi connectivity index (χ2n) is 7.93. The van der Waals surface area contributed by atoms with E-state index in [-0.39, 0.29) is 13.1 Å². The van der Waals surface area contributed by atoms with E-state index >= 15 is 0 Å². The number of piperazine rings is 1. The molecule has 4 rings (SSSR count). The Balaban J connectivity index is 1.52. The van der Waals surface area contributed by atoms with Gasteiger partial charge in [-0.1, -0.05) is 0 Å². The first-order valence-corrected chi connectivity index (χ1v) is 10.3. The van der Waals surface area contributed by atoms with E-state index in [0.29, 0.717) is 25.0 Å². The van der Waals surface area contributed by atoms with E-state index in [1.165, 1.54) is 4.90 Å². The molecule has 0 spiro atoms. The Bertz CT molecular complexity index is 1200. The molecule has 33 heavy (non-hydrogen) atoms. The van der Waals surface area contributed by atoms with Crippen LogP contribution in [0.4, 0.5) is 23.4 Å². The van der Waals surface area contributed by atoms with Gasteiger partial charge in [-0.2, -0.15) is 18.3 Å². The number of aryl methyl sites for hydroxylation is 1. The van der Waals surface area contributed by atoms with Crippen LogP contribution in [0.3, 0.4) is 0 Å². The van der Waals surface area contributed by atoms with Crippen molar-refractivity contribution in [3.8, 4) is 11.4 Å². The van der Waals surface area contributed by atoms with Crippen LogP contribution in [-0.2, 0) is 13.2 Å². The summed E-state index contributed by atoms with van der Waals surface area (Å²) < 4.78 is 55.0. The van der Waals surface area contributed by atoms with Gasteiger partial charge < -0.3 is 9.80 Å². The topological polar surface area (TPSA) is 67.2 Å². The van der Waals surface area contributed by atoms with Crippen molar-refractivity contribution in [1.82, 2.24) is 24.9 Å². The largest absolute Gasteiger partial charge is 0.417 e. The van der Waals surface area contributed by atoms with E-state index in [1.54, 1.807) is 10.9 Å². The van der Waals surface area contributed by atoms with Crippen LogP contribution in [0.15, 0.2) is 30.5 Å². The van der Waals surface area contributed by atoms with Gasteiger partial charge in [0.25, 0.3) is 5.91 Å². The molecule has 1 aliphatic heterocycles. The summed E-state index contributed by atoms with van der Waals surface area (Å²) in [6.45, 7) is 5.06. The number of rotatable bonds is 3. The van der Waals surface area contributed by atoms with Crippen molar-refractivity contribution in [2.45, 2.75) is 20.0 Å². The molecule has 11 heteroatoms. The second-order valence-corrected chi connectivity index (χ2v) is 7.93. The second kappa shape index (κ2) is 8.45. The van der Waals surface area contributed by atoms with Gasteiger partial charge in [-0.3, -0.25) is 9.48 Å². The zero-order valence-electron chi connectivity index (χ0n) is 18.3. The first-order valence-electron chi connectivity index (χ1n) is 10.3. The van der Waals surface area contributed by atoms with Gasteiger partial charge in [0.1, 0.15) is 11.5 Å². The fourth-order valence-electron chi connectivity index (χ4n) is 3.97. The van der Waals surface area contributed by atoms with E-state index in [0.717, 1.165) is 34.6 Å². The summed E-state index contributed by atoms with van der Waals surface area (Å²) in [4.78, 5) is 16.1. The highest BCUT2D eigenvalue weighted by Crippen LogP contribution is 2.33. The zero-order valence-corrected chi connectivity index (χ0v) is 18.3. The lowest BCUT2D eigenvalue weighted by molar-refractivity contribution is -0.138. The van der Waals surface area contributed by atoms with Crippen molar-refractivity contribution >= 4 is 11.7 Å². The molecule has 7 nitrogen and oxygen atoms in total. The molecule has 0 aliphatic carbocycles. The van der Waals surface area contributed by atoms with Crippen molar-refractivity contribution < 1.29 is 22.4 Å². The SMILES string of the molecule is Cc1c(-c2ccnn2C)nnc(N2CCN(C(=O)c3ccc(F)cc3C(F)(F)F)CC2)c1C. The molecular formula is C22H22F4N6O. The number of anilines is 1. The van der Waals surface area contributed by atoms with Crippen molar-refractivity contribution in [2.75, 3.05) is 31.1 Å². The third kappa shape index (κ3) is 4.27. The van der Waals surface area contributed by atoms with Crippen LogP contribution < -0.4 is 4.90 Å². The molecule has 1 amide bonds. The fourth-order valence-corrected chi connectivity index (χ4v) is 3.97. The summed E-state index contributed by atoms with van der Waals surface area (Å²) >= 11 is 0. The zero-order chi connectivity index (χ0) is 23.9. The number of nitrogens with zero attached hydrogens (tertiary/aromatic N) is 6. The third-order valence-electron chi connectivity index (χ3n) is 5.95. The molecule has 1 aliphatic rings. The third-order valence-corrected chi connectivity index (χ3v) is 5.95. The maximum atomic E-state index is 13.4. The smallest absolute Gasteiger partial charge is 0.351 e. The molecule has 1 fully saturated rings. The van der Waals surface area contributed by atoms with Gasteiger partial charge in [-0.25, -0.2) is 4.39 Å². The summed E-state index contributed by atoms with van der Waals surface area (Å²) in [6, 6.07) is 3.97. The molecule has 0 saturated carbocycles. The number of halogens is 4. The number of hydrogen-bond acceptors (Lipinski definition) is 5. The summed E-state index contributed by atoms with van der Waals surface area (Å²) in [7, 11) is 1.82. The highest BCUT2D eigenvalue weighted by molar-refractivity contribution is 5.96. The van der Waals surface area contributed by atoms with Crippen molar-refractivity contribution in [1.29, 1.82) is 0 Å². The normalized spacial score (nSPS) is 14.6. The molecule has 0 atom stereocenters. The van der Waals surface area contributed by atoms with Crippen molar-refractivity contribution in [2.24, 2.45) is 7.05 Å². The fraction of sp³-hybridized carbons (Fsp3) is 0.364. The average Bonchev–Trinajstić information content (AvgIpc) is 3.20. The van der Waals surface area contributed by atoms with Gasteiger partial charge >= 0.3 is 6.18 Å². The molecule has 0 unspecified atom stereocenters. The van der Waals surface area contributed by atoms with E-state index in [9.17, 15) is 22.4 Å². The first-order chi connectivity index (χ1) is 15.6. The number of carbonyl (C=O) groups excluding carboxylic acids is 1. The molecule has 1 aromatic carbocycles. The first kappa shape index (κ1) is 22.7. The number of benzene rings is 1. The van der Waals surface area contributed by atoms with Gasteiger partial charge in [-0.15, -0.1) is 10.2 Å².